The Bertz CT molecular complexity index is 786. The molecule has 8 heteroatoms. The molecule has 0 atom stereocenters. The maximum absolute atomic E-state index is 11.7. The molecule has 2 N–H and O–H groups in total. The van der Waals surface area contributed by atoms with E-state index in [1.807, 2.05) is 22.7 Å². The molecule has 1 aliphatic rings. The molecule has 0 bridgehead atoms. The Morgan fingerprint density at radius 2 is 1.93 bits per heavy atom. The molecule has 1 fully saturated rings. The van der Waals surface area contributed by atoms with E-state index in [1.54, 1.807) is 6.20 Å². The number of aryl methyl sites for hydroxylation is 1. The van der Waals surface area contributed by atoms with Crippen LogP contribution in [0.5, 0.6) is 0 Å². The molecule has 3 rings (SSSR count). The largest absolute Gasteiger partial charge is 0.357 e. The third-order valence-corrected chi connectivity index (χ3v) is 4.69. The zero-order valence-corrected chi connectivity index (χ0v) is 18.8. The van der Waals surface area contributed by atoms with E-state index in [0.29, 0.717) is 26.1 Å². The molecule has 2 aromatic rings. The minimum absolute atomic E-state index is 0. The molecule has 0 unspecified atom stereocenters. The third kappa shape index (κ3) is 6.22. The number of carbonyl (C=O) groups is 1. The van der Waals surface area contributed by atoms with E-state index >= 15 is 0 Å². The lowest BCUT2D eigenvalue weighted by Gasteiger charge is -2.15. The molecule has 0 radical (unpaired) electrons. The van der Waals surface area contributed by atoms with Crippen molar-refractivity contribution in [3.05, 3.63) is 53.3 Å². The standard InChI is InChI=1S/C20H28N6O.HI/c1-3-21-20(23-14-18-10-11-24-25(18)2)22-13-16-6-8-17(9-7-16)15-26-12-4-5-19(26)27;/h6-11H,3-5,12-15H2,1-2H3,(H2,21,22,23);1H. The fraction of sp³-hybridized carbons (Fsp3) is 0.450. The Balaban J connectivity index is 0.00000280. The summed E-state index contributed by atoms with van der Waals surface area (Å²) in [4.78, 5) is 18.3. The Morgan fingerprint density at radius 3 is 2.54 bits per heavy atom. The van der Waals surface area contributed by atoms with Gasteiger partial charge >= 0.3 is 0 Å². The quantitative estimate of drug-likeness (QED) is 0.351. The lowest BCUT2D eigenvalue weighted by Crippen LogP contribution is -2.37. The Hall–Kier alpha value is -2.10. The Kier molecular flexibility index (Phi) is 8.75. The number of aliphatic imine (C=N–C) groups is 1. The van der Waals surface area contributed by atoms with Crippen molar-refractivity contribution in [2.45, 2.75) is 39.4 Å². The highest BCUT2D eigenvalue weighted by molar-refractivity contribution is 14.0. The smallest absolute Gasteiger partial charge is 0.222 e. The van der Waals surface area contributed by atoms with E-state index in [1.165, 1.54) is 5.56 Å². The van der Waals surface area contributed by atoms with Crippen LogP contribution in [0.3, 0.4) is 0 Å². The van der Waals surface area contributed by atoms with E-state index in [4.69, 9.17) is 0 Å². The Morgan fingerprint density at radius 1 is 1.18 bits per heavy atom. The van der Waals surface area contributed by atoms with Crippen molar-refractivity contribution < 1.29 is 4.79 Å². The second-order valence-corrected chi connectivity index (χ2v) is 6.73. The number of nitrogens with one attached hydrogen (secondary N) is 2. The molecule has 1 aliphatic heterocycles. The average molecular weight is 496 g/mol. The van der Waals surface area contributed by atoms with Crippen LogP contribution in [-0.2, 0) is 31.5 Å². The first-order valence-corrected chi connectivity index (χ1v) is 9.50. The third-order valence-electron chi connectivity index (χ3n) is 4.69. The van der Waals surface area contributed by atoms with E-state index in [-0.39, 0.29) is 29.9 Å². The summed E-state index contributed by atoms with van der Waals surface area (Å²) in [5, 5.41) is 10.8. The van der Waals surface area contributed by atoms with Crippen LogP contribution in [0.2, 0.25) is 0 Å². The highest BCUT2D eigenvalue weighted by Crippen LogP contribution is 2.15. The van der Waals surface area contributed by atoms with Crippen molar-refractivity contribution in [2.75, 3.05) is 13.1 Å². The van der Waals surface area contributed by atoms with Crippen LogP contribution in [-0.4, -0.2) is 39.6 Å². The average Bonchev–Trinajstić information content (AvgIpc) is 3.27. The van der Waals surface area contributed by atoms with Gasteiger partial charge in [-0.15, -0.1) is 24.0 Å². The fourth-order valence-electron chi connectivity index (χ4n) is 3.10. The summed E-state index contributed by atoms with van der Waals surface area (Å²) in [5.41, 5.74) is 3.41. The number of guanidine groups is 1. The number of amides is 1. The minimum Gasteiger partial charge on any atom is -0.357 e. The molecule has 0 aliphatic carbocycles. The van der Waals surface area contributed by atoms with Crippen LogP contribution in [0, 0.1) is 0 Å². The van der Waals surface area contributed by atoms with Gasteiger partial charge in [0, 0.05) is 39.3 Å². The molecule has 1 aromatic carbocycles. The monoisotopic (exact) mass is 496 g/mol. The maximum atomic E-state index is 11.7. The highest BCUT2D eigenvalue weighted by Gasteiger charge is 2.19. The van der Waals surface area contributed by atoms with Gasteiger partial charge in [0.15, 0.2) is 5.96 Å². The second-order valence-electron chi connectivity index (χ2n) is 6.73. The molecule has 1 aromatic heterocycles. The number of benzene rings is 1. The number of aromatic nitrogens is 2. The van der Waals surface area contributed by atoms with Gasteiger partial charge in [-0.1, -0.05) is 24.3 Å². The summed E-state index contributed by atoms with van der Waals surface area (Å²) in [6, 6.07) is 10.3. The number of hydrogen-bond acceptors (Lipinski definition) is 3. The van der Waals surface area contributed by atoms with Crippen molar-refractivity contribution in [2.24, 2.45) is 12.0 Å². The van der Waals surface area contributed by atoms with Crippen LogP contribution in [0.4, 0.5) is 0 Å². The zero-order chi connectivity index (χ0) is 19.1. The number of carbonyl (C=O) groups excluding carboxylic acids is 1. The first-order valence-electron chi connectivity index (χ1n) is 9.50. The lowest BCUT2D eigenvalue weighted by molar-refractivity contribution is -0.128. The molecule has 1 saturated heterocycles. The summed E-state index contributed by atoms with van der Waals surface area (Å²) in [7, 11) is 1.93. The van der Waals surface area contributed by atoms with E-state index in [2.05, 4.69) is 51.9 Å². The van der Waals surface area contributed by atoms with Crippen molar-refractivity contribution in [3.63, 3.8) is 0 Å². The normalized spacial score (nSPS) is 14.1. The number of nitrogens with zero attached hydrogens (tertiary/aromatic N) is 4. The van der Waals surface area contributed by atoms with Gasteiger partial charge in [0.2, 0.25) is 5.91 Å². The topological polar surface area (TPSA) is 74.6 Å². The molecule has 1 amide bonds. The van der Waals surface area contributed by atoms with Gasteiger partial charge in [-0.05, 0) is 30.5 Å². The summed E-state index contributed by atoms with van der Waals surface area (Å²) in [6.45, 7) is 5.71. The summed E-state index contributed by atoms with van der Waals surface area (Å²) in [6.07, 6.45) is 3.45. The highest BCUT2D eigenvalue weighted by atomic mass is 127. The molecule has 152 valence electrons. The van der Waals surface area contributed by atoms with Crippen LogP contribution >= 0.6 is 24.0 Å². The van der Waals surface area contributed by atoms with Gasteiger partial charge in [0.1, 0.15) is 0 Å². The molecule has 7 nitrogen and oxygen atoms in total. The van der Waals surface area contributed by atoms with Gasteiger partial charge in [0.25, 0.3) is 0 Å². The molecule has 28 heavy (non-hydrogen) atoms. The van der Waals surface area contributed by atoms with E-state index in [9.17, 15) is 4.79 Å². The van der Waals surface area contributed by atoms with Crippen LogP contribution in [0.25, 0.3) is 0 Å². The SMILES string of the molecule is CCNC(=NCc1ccc(CN2CCCC2=O)cc1)NCc1ccnn1C.I. The van der Waals surface area contributed by atoms with Gasteiger partial charge in [-0.2, -0.15) is 5.10 Å². The van der Waals surface area contributed by atoms with Crippen molar-refractivity contribution >= 4 is 35.8 Å². The zero-order valence-electron chi connectivity index (χ0n) is 16.5. The number of hydrogen-bond donors (Lipinski definition) is 2. The lowest BCUT2D eigenvalue weighted by atomic mass is 10.1. The van der Waals surface area contributed by atoms with Gasteiger partial charge in [-0.3, -0.25) is 9.48 Å². The predicted molar refractivity (Wildman–Crippen MR) is 121 cm³/mol. The molecular weight excluding hydrogens is 467 g/mol. The first kappa shape index (κ1) is 22.2. The summed E-state index contributed by atoms with van der Waals surface area (Å²) in [5.74, 6) is 1.05. The van der Waals surface area contributed by atoms with E-state index in [0.717, 1.165) is 36.7 Å². The Labute approximate surface area is 183 Å². The van der Waals surface area contributed by atoms with Crippen LogP contribution < -0.4 is 10.6 Å². The summed E-state index contributed by atoms with van der Waals surface area (Å²) < 4.78 is 1.85. The summed E-state index contributed by atoms with van der Waals surface area (Å²) >= 11 is 0. The number of rotatable bonds is 7. The van der Waals surface area contributed by atoms with Gasteiger partial charge < -0.3 is 15.5 Å². The van der Waals surface area contributed by atoms with Gasteiger partial charge in [0.05, 0.1) is 18.8 Å². The molecule has 0 saturated carbocycles. The van der Waals surface area contributed by atoms with E-state index < -0.39 is 0 Å². The van der Waals surface area contributed by atoms with Crippen LogP contribution in [0.15, 0.2) is 41.5 Å². The fourth-order valence-corrected chi connectivity index (χ4v) is 3.10. The minimum atomic E-state index is 0. The molecule has 0 spiro atoms. The van der Waals surface area contributed by atoms with Crippen molar-refractivity contribution in [3.8, 4) is 0 Å². The molecular formula is C20H29IN6O. The first-order chi connectivity index (χ1) is 13.2. The van der Waals surface area contributed by atoms with Gasteiger partial charge in [-0.25, -0.2) is 4.99 Å². The second kappa shape index (κ2) is 11.0. The maximum Gasteiger partial charge on any atom is 0.222 e. The number of halogens is 1. The number of likely N-dealkylation sites (tertiary alicyclic amines) is 1. The van der Waals surface area contributed by atoms with Crippen LogP contribution in [0.1, 0.15) is 36.6 Å². The predicted octanol–water partition coefficient (Wildman–Crippen LogP) is 2.42. The van der Waals surface area contributed by atoms with Crippen molar-refractivity contribution in [1.82, 2.24) is 25.3 Å². The van der Waals surface area contributed by atoms with Crippen molar-refractivity contribution in [1.29, 1.82) is 0 Å². The molecule has 2 heterocycles.